The van der Waals surface area contributed by atoms with E-state index in [9.17, 15) is 0 Å². The van der Waals surface area contributed by atoms with Crippen molar-refractivity contribution in [2.45, 2.75) is 20.8 Å². The molecule has 0 aliphatic heterocycles. The molecular formula is C12H12IN. The van der Waals surface area contributed by atoms with Crippen molar-refractivity contribution in [3.63, 3.8) is 0 Å². The van der Waals surface area contributed by atoms with Crippen molar-refractivity contribution in [2.75, 3.05) is 0 Å². The molecule has 0 aliphatic rings. The Morgan fingerprint density at radius 1 is 1.07 bits per heavy atom. The van der Waals surface area contributed by atoms with Gasteiger partial charge in [0.1, 0.15) is 0 Å². The van der Waals surface area contributed by atoms with E-state index in [1.807, 2.05) is 0 Å². The highest BCUT2D eigenvalue weighted by atomic mass is 127. The largest absolute Gasteiger partial charge is 0.253 e. The minimum Gasteiger partial charge on any atom is -0.253 e. The molecule has 2 rings (SSSR count). The highest BCUT2D eigenvalue weighted by molar-refractivity contribution is 14.1. The number of nitrogens with zero attached hydrogens (tertiary/aromatic N) is 1. The summed E-state index contributed by atoms with van der Waals surface area (Å²) < 4.78 is 1.29. The quantitative estimate of drug-likeness (QED) is 0.675. The minimum absolute atomic E-state index is 1.11. The number of hydrogen-bond donors (Lipinski definition) is 0. The molecule has 0 aliphatic carbocycles. The zero-order chi connectivity index (χ0) is 10.3. The Labute approximate surface area is 97.7 Å². The van der Waals surface area contributed by atoms with Crippen molar-refractivity contribution < 1.29 is 0 Å². The van der Waals surface area contributed by atoms with Gasteiger partial charge in [-0.1, -0.05) is 6.07 Å². The van der Waals surface area contributed by atoms with Crippen molar-refractivity contribution in [1.82, 2.24) is 4.98 Å². The van der Waals surface area contributed by atoms with Crippen molar-refractivity contribution >= 4 is 33.5 Å². The Bertz CT molecular complexity index is 503. The molecule has 72 valence electrons. The van der Waals surface area contributed by atoms with Crippen LogP contribution in [0.1, 0.15) is 16.8 Å². The van der Waals surface area contributed by atoms with E-state index in [4.69, 9.17) is 0 Å². The molecule has 0 spiro atoms. The van der Waals surface area contributed by atoms with E-state index < -0.39 is 0 Å². The van der Waals surface area contributed by atoms with E-state index in [0.29, 0.717) is 0 Å². The number of benzene rings is 1. The van der Waals surface area contributed by atoms with E-state index in [1.165, 1.54) is 20.1 Å². The molecule has 1 heterocycles. The van der Waals surface area contributed by atoms with Crippen LogP contribution in [0.2, 0.25) is 0 Å². The highest BCUT2D eigenvalue weighted by Gasteiger charge is 2.07. The van der Waals surface area contributed by atoms with E-state index in [1.54, 1.807) is 0 Å². The Morgan fingerprint density at radius 3 is 2.50 bits per heavy atom. The predicted octanol–water partition coefficient (Wildman–Crippen LogP) is 3.76. The van der Waals surface area contributed by atoms with Crippen molar-refractivity contribution in [2.24, 2.45) is 0 Å². The summed E-state index contributed by atoms with van der Waals surface area (Å²) in [5, 5.41) is 1.30. The summed E-state index contributed by atoms with van der Waals surface area (Å²) in [6, 6.07) is 6.27. The number of aromatic nitrogens is 1. The van der Waals surface area contributed by atoms with Gasteiger partial charge >= 0.3 is 0 Å². The first-order chi connectivity index (χ1) is 6.61. The molecule has 2 heteroatoms. The number of rotatable bonds is 0. The SMILES string of the molecule is Cc1nc2cccc(I)c2c(C)c1C. The van der Waals surface area contributed by atoms with E-state index in [-0.39, 0.29) is 0 Å². The number of aryl methyl sites for hydroxylation is 2. The fourth-order valence-corrected chi connectivity index (χ4v) is 2.59. The fraction of sp³-hybridized carbons (Fsp3) is 0.250. The third kappa shape index (κ3) is 1.41. The van der Waals surface area contributed by atoms with Crippen LogP contribution in [-0.4, -0.2) is 4.98 Å². The van der Waals surface area contributed by atoms with Gasteiger partial charge in [0, 0.05) is 14.7 Å². The zero-order valence-electron chi connectivity index (χ0n) is 8.56. The van der Waals surface area contributed by atoms with Gasteiger partial charge in [-0.15, -0.1) is 0 Å². The van der Waals surface area contributed by atoms with Gasteiger partial charge in [-0.2, -0.15) is 0 Å². The maximum atomic E-state index is 4.59. The average molecular weight is 297 g/mol. The molecular weight excluding hydrogens is 285 g/mol. The van der Waals surface area contributed by atoms with Gasteiger partial charge in [0.05, 0.1) is 5.52 Å². The zero-order valence-corrected chi connectivity index (χ0v) is 10.7. The molecule has 1 aromatic carbocycles. The molecule has 14 heavy (non-hydrogen) atoms. The second-order valence-electron chi connectivity index (χ2n) is 3.58. The second-order valence-corrected chi connectivity index (χ2v) is 4.74. The summed E-state index contributed by atoms with van der Waals surface area (Å²) in [6.07, 6.45) is 0. The molecule has 0 unspecified atom stereocenters. The molecule has 0 atom stereocenters. The molecule has 0 radical (unpaired) electrons. The summed E-state index contributed by atoms with van der Waals surface area (Å²) in [5.74, 6) is 0. The van der Waals surface area contributed by atoms with Gasteiger partial charge in [0.15, 0.2) is 0 Å². The Kier molecular flexibility index (Phi) is 2.47. The Morgan fingerprint density at radius 2 is 1.79 bits per heavy atom. The lowest BCUT2D eigenvalue weighted by Crippen LogP contribution is -1.94. The standard InChI is InChI=1S/C12H12IN/c1-7-8(2)12-10(13)5-4-6-11(12)14-9(7)3/h4-6H,1-3H3. The molecule has 0 saturated heterocycles. The van der Waals surface area contributed by atoms with Crippen molar-refractivity contribution in [3.05, 3.63) is 38.6 Å². The number of halogens is 1. The second kappa shape index (κ2) is 3.50. The normalized spacial score (nSPS) is 10.9. The Hall–Kier alpha value is -0.640. The summed E-state index contributed by atoms with van der Waals surface area (Å²) in [6.45, 7) is 6.39. The average Bonchev–Trinajstić information content (AvgIpc) is 2.14. The summed E-state index contributed by atoms with van der Waals surface area (Å²) in [5.41, 5.74) is 4.91. The lowest BCUT2D eigenvalue weighted by molar-refractivity contribution is 1.17. The lowest BCUT2D eigenvalue weighted by atomic mass is 10.0. The molecule has 0 amide bonds. The molecule has 0 saturated carbocycles. The van der Waals surface area contributed by atoms with Gasteiger partial charge in [0.2, 0.25) is 0 Å². The van der Waals surface area contributed by atoms with Crippen LogP contribution in [0.25, 0.3) is 10.9 Å². The van der Waals surface area contributed by atoms with Crippen LogP contribution < -0.4 is 0 Å². The van der Waals surface area contributed by atoms with Crippen molar-refractivity contribution in [1.29, 1.82) is 0 Å². The maximum absolute atomic E-state index is 4.59. The molecule has 2 aromatic rings. The van der Waals surface area contributed by atoms with Crippen LogP contribution in [0.5, 0.6) is 0 Å². The third-order valence-electron chi connectivity index (χ3n) is 2.76. The fourth-order valence-electron chi connectivity index (χ4n) is 1.70. The number of fused-ring (bicyclic) bond motifs is 1. The third-order valence-corrected chi connectivity index (χ3v) is 3.66. The lowest BCUT2D eigenvalue weighted by Gasteiger charge is -2.09. The van der Waals surface area contributed by atoms with E-state index >= 15 is 0 Å². The van der Waals surface area contributed by atoms with Crippen molar-refractivity contribution in [3.8, 4) is 0 Å². The smallest absolute Gasteiger partial charge is 0.0718 e. The highest BCUT2D eigenvalue weighted by Crippen LogP contribution is 2.26. The van der Waals surface area contributed by atoms with Gasteiger partial charge in [-0.25, -0.2) is 0 Å². The number of hydrogen-bond acceptors (Lipinski definition) is 1. The maximum Gasteiger partial charge on any atom is 0.0718 e. The van der Waals surface area contributed by atoms with Crippen LogP contribution in [0, 0.1) is 24.3 Å². The van der Waals surface area contributed by atoms with Gasteiger partial charge < -0.3 is 0 Å². The van der Waals surface area contributed by atoms with Crippen LogP contribution in [-0.2, 0) is 0 Å². The molecule has 0 bridgehead atoms. The van der Waals surface area contributed by atoms with Gasteiger partial charge in [0.25, 0.3) is 0 Å². The summed E-state index contributed by atoms with van der Waals surface area (Å²) >= 11 is 2.37. The van der Waals surface area contributed by atoms with Crippen LogP contribution in [0.3, 0.4) is 0 Å². The van der Waals surface area contributed by atoms with Crippen LogP contribution in [0.4, 0.5) is 0 Å². The first-order valence-electron chi connectivity index (χ1n) is 4.63. The van der Waals surface area contributed by atoms with E-state index in [0.717, 1.165) is 11.2 Å². The topological polar surface area (TPSA) is 12.9 Å². The first kappa shape index (κ1) is 9.90. The van der Waals surface area contributed by atoms with Crippen LogP contribution in [0.15, 0.2) is 18.2 Å². The number of pyridine rings is 1. The van der Waals surface area contributed by atoms with Gasteiger partial charge in [-0.3, -0.25) is 4.98 Å². The first-order valence-corrected chi connectivity index (χ1v) is 5.71. The summed E-state index contributed by atoms with van der Waals surface area (Å²) in [7, 11) is 0. The molecule has 0 N–H and O–H groups in total. The van der Waals surface area contributed by atoms with Crippen LogP contribution >= 0.6 is 22.6 Å². The Balaban J connectivity index is 2.99. The minimum atomic E-state index is 1.11. The molecule has 1 nitrogen and oxygen atoms in total. The predicted molar refractivity (Wildman–Crippen MR) is 68.7 cm³/mol. The monoisotopic (exact) mass is 297 g/mol. The van der Waals surface area contributed by atoms with Gasteiger partial charge in [-0.05, 0) is 66.6 Å². The summed E-state index contributed by atoms with van der Waals surface area (Å²) in [4.78, 5) is 4.59. The molecule has 1 aromatic heterocycles. The van der Waals surface area contributed by atoms with E-state index in [2.05, 4.69) is 66.5 Å². The molecule has 0 fully saturated rings.